The summed E-state index contributed by atoms with van der Waals surface area (Å²) in [6.45, 7) is -0.287. The maximum Gasteiger partial charge on any atom is 0.279 e. The highest BCUT2D eigenvalue weighted by Crippen LogP contribution is 2.15. The van der Waals surface area contributed by atoms with Crippen molar-refractivity contribution in [2.45, 2.75) is 6.54 Å². The van der Waals surface area contributed by atoms with Crippen molar-refractivity contribution in [2.24, 2.45) is 0 Å². The van der Waals surface area contributed by atoms with Gasteiger partial charge in [0.05, 0.1) is 11.6 Å². The third-order valence-corrected chi connectivity index (χ3v) is 3.20. The normalized spacial score (nSPS) is 10.9. The van der Waals surface area contributed by atoms with Crippen LogP contribution in [0, 0.1) is 0 Å². The highest BCUT2D eigenvalue weighted by atomic mass is 35.5. The van der Waals surface area contributed by atoms with Gasteiger partial charge < -0.3 is 14.1 Å². The zero-order valence-corrected chi connectivity index (χ0v) is 11.4. The second-order valence-corrected chi connectivity index (χ2v) is 4.82. The molecule has 3 heterocycles. The van der Waals surface area contributed by atoms with Crippen molar-refractivity contribution in [3.8, 4) is 5.95 Å². The number of oxazole rings is 1. The Morgan fingerprint density at radius 2 is 2.14 bits per heavy atom. The van der Waals surface area contributed by atoms with Crippen LogP contribution in [0.25, 0.3) is 5.71 Å². The van der Waals surface area contributed by atoms with E-state index in [0.29, 0.717) is 5.02 Å². The topological polar surface area (TPSA) is 79.4 Å². The lowest BCUT2D eigenvalue weighted by atomic mass is 10.3. The monoisotopic (exact) mass is 304 g/mol. The summed E-state index contributed by atoms with van der Waals surface area (Å²) in [5, 5.41) is 12.1. The second kappa shape index (κ2) is 5.06. The quantitative estimate of drug-likeness (QED) is 0.529. The Kier molecular flexibility index (Phi) is 3.23. The van der Waals surface area contributed by atoms with E-state index in [0.717, 1.165) is 4.57 Å². The van der Waals surface area contributed by atoms with Gasteiger partial charge >= 0.3 is 0 Å². The van der Waals surface area contributed by atoms with Crippen LogP contribution in [0.2, 0.25) is 5.02 Å². The van der Waals surface area contributed by atoms with Gasteiger partial charge in [-0.05, 0) is 12.1 Å². The van der Waals surface area contributed by atoms with Gasteiger partial charge in [-0.2, -0.15) is 0 Å². The van der Waals surface area contributed by atoms with Crippen molar-refractivity contribution >= 4 is 23.1 Å². The summed E-state index contributed by atoms with van der Waals surface area (Å²) in [6, 6.07) is 7.63. The first-order valence-corrected chi connectivity index (χ1v) is 6.43. The predicted octanol–water partition coefficient (Wildman–Crippen LogP) is 0.790. The summed E-state index contributed by atoms with van der Waals surface area (Å²) in [6.07, 6.45) is 2.90. The average molecular weight is 305 g/mol. The molecule has 7 heteroatoms. The minimum atomic E-state index is -0.735. The Morgan fingerprint density at radius 1 is 1.33 bits per heavy atom. The van der Waals surface area contributed by atoms with E-state index in [1.54, 1.807) is 24.4 Å². The van der Waals surface area contributed by atoms with Gasteiger partial charge in [-0.25, -0.2) is 0 Å². The minimum Gasteiger partial charge on any atom is -0.540 e. The van der Waals surface area contributed by atoms with Gasteiger partial charge in [-0.3, -0.25) is 9.59 Å². The van der Waals surface area contributed by atoms with E-state index < -0.39 is 11.7 Å². The van der Waals surface area contributed by atoms with E-state index in [9.17, 15) is 14.7 Å². The van der Waals surface area contributed by atoms with Crippen molar-refractivity contribution in [1.29, 1.82) is 0 Å². The average Bonchev–Trinajstić information content (AvgIpc) is 2.78. The molecule has 0 atom stereocenters. The Morgan fingerprint density at radius 3 is 2.95 bits per heavy atom. The zero-order chi connectivity index (χ0) is 15.0. The third-order valence-electron chi connectivity index (χ3n) is 2.98. The molecule has 0 aliphatic rings. The molecule has 0 unspecified atom stereocenters. The number of aromatic nitrogens is 2. The first kappa shape index (κ1) is 13.4. The Hall–Kier alpha value is -2.60. The van der Waals surface area contributed by atoms with Crippen LogP contribution in [0.5, 0.6) is 5.95 Å². The number of Topliss-reactive ketones (excluding diaryl/α,β-unsaturated/α-hetero) is 1. The van der Waals surface area contributed by atoms with Gasteiger partial charge in [0.2, 0.25) is 5.78 Å². The van der Waals surface area contributed by atoms with Gasteiger partial charge in [0, 0.05) is 24.4 Å². The number of hydrogen-bond acceptors (Lipinski definition) is 4. The summed E-state index contributed by atoms with van der Waals surface area (Å²) in [5.74, 6) is -1.26. The Balaban J connectivity index is 2.03. The molecule has 0 aromatic carbocycles. The Labute approximate surface area is 123 Å². The summed E-state index contributed by atoms with van der Waals surface area (Å²) in [5.41, 5.74) is -0.236. The molecule has 3 aromatic heterocycles. The lowest BCUT2D eigenvalue weighted by molar-refractivity contribution is -0.518. The molecule has 106 valence electrons. The lowest BCUT2D eigenvalue weighted by Crippen LogP contribution is -2.31. The maximum absolute atomic E-state index is 12.3. The lowest BCUT2D eigenvalue weighted by Gasteiger charge is -2.03. The van der Waals surface area contributed by atoms with Crippen LogP contribution in [0.4, 0.5) is 0 Å². The summed E-state index contributed by atoms with van der Waals surface area (Å²) < 4.78 is 7.49. The zero-order valence-electron chi connectivity index (χ0n) is 10.7. The van der Waals surface area contributed by atoms with E-state index >= 15 is 0 Å². The van der Waals surface area contributed by atoms with Crippen LogP contribution < -0.4 is 15.1 Å². The first-order chi connectivity index (χ1) is 10.1. The van der Waals surface area contributed by atoms with Crippen LogP contribution in [0.15, 0.2) is 51.9 Å². The van der Waals surface area contributed by atoms with E-state index in [4.69, 9.17) is 16.0 Å². The number of fused-ring (bicyclic) bond motifs is 1. The molecule has 3 aromatic rings. The standard InChI is InChI=1S/C14H9ClN2O4/c15-9-4-5-11(19)16(7-9)8-10(18)13-14(20)21-12-3-1-2-6-17(12)13/h1-7H,8H2. The molecule has 3 rings (SSSR count). The molecule has 0 spiro atoms. The largest absolute Gasteiger partial charge is 0.540 e. The first-order valence-electron chi connectivity index (χ1n) is 6.05. The van der Waals surface area contributed by atoms with Crippen LogP contribution in [-0.2, 0) is 6.54 Å². The van der Waals surface area contributed by atoms with Gasteiger partial charge in [0.25, 0.3) is 17.0 Å². The van der Waals surface area contributed by atoms with Crippen LogP contribution in [-0.4, -0.2) is 10.4 Å². The van der Waals surface area contributed by atoms with Crippen molar-refractivity contribution < 1.29 is 18.7 Å². The van der Waals surface area contributed by atoms with E-state index in [1.165, 1.54) is 22.7 Å². The van der Waals surface area contributed by atoms with E-state index in [-0.39, 0.29) is 23.5 Å². The molecule has 0 saturated heterocycles. The van der Waals surface area contributed by atoms with Gasteiger partial charge in [-0.1, -0.05) is 11.6 Å². The highest BCUT2D eigenvalue weighted by molar-refractivity contribution is 6.30. The number of carbonyl (C=O) groups is 1. The molecular formula is C14H9ClN2O4. The van der Waals surface area contributed by atoms with Crippen LogP contribution in [0.3, 0.4) is 0 Å². The third kappa shape index (κ3) is 2.41. The minimum absolute atomic E-state index is 0.127. The number of ketones is 1. The predicted molar refractivity (Wildman–Crippen MR) is 71.4 cm³/mol. The fraction of sp³-hybridized carbons (Fsp3) is 0.0714. The molecule has 6 nitrogen and oxygen atoms in total. The van der Waals surface area contributed by atoms with Crippen molar-refractivity contribution in [3.63, 3.8) is 0 Å². The van der Waals surface area contributed by atoms with Crippen molar-refractivity contribution in [2.75, 3.05) is 0 Å². The number of carbonyl (C=O) groups excluding carboxylic acids is 1. The number of rotatable bonds is 3. The maximum atomic E-state index is 12.3. The molecule has 0 fully saturated rings. The molecule has 0 aliphatic carbocycles. The second-order valence-electron chi connectivity index (χ2n) is 4.38. The Bertz CT molecular complexity index is 897. The highest BCUT2D eigenvalue weighted by Gasteiger charge is 2.23. The molecule has 0 radical (unpaired) electrons. The summed E-state index contributed by atoms with van der Waals surface area (Å²) >= 11 is 5.80. The molecule has 0 saturated carbocycles. The van der Waals surface area contributed by atoms with Gasteiger partial charge in [0.1, 0.15) is 5.95 Å². The van der Waals surface area contributed by atoms with E-state index in [2.05, 4.69) is 0 Å². The number of pyridine rings is 2. The van der Waals surface area contributed by atoms with Gasteiger partial charge in [0.15, 0.2) is 6.20 Å². The molecule has 0 bridgehead atoms. The molecular weight excluding hydrogens is 296 g/mol. The number of nitrogens with zero attached hydrogens (tertiary/aromatic N) is 2. The fourth-order valence-corrected chi connectivity index (χ4v) is 2.22. The number of halogens is 1. The summed E-state index contributed by atoms with van der Waals surface area (Å²) in [7, 11) is 0. The molecule has 21 heavy (non-hydrogen) atoms. The van der Waals surface area contributed by atoms with Crippen LogP contribution >= 0.6 is 11.6 Å². The molecule has 0 amide bonds. The SMILES string of the molecule is O=C(Cn1cc(Cl)ccc1=O)c1c([O-])oc2cccc[n+]12. The van der Waals surface area contributed by atoms with Crippen molar-refractivity contribution in [3.05, 3.63) is 63.8 Å². The van der Waals surface area contributed by atoms with Gasteiger partial charge in [-0.15, -0.1) is 4.40 Å². The smallest absolute Gasteiger partial charge is 0.279 e. The molecule has 0 aliphatic heterocycles. The molecule has 0 N–H and O–H groups in total. The van der Waals surface area contributed by atoms with Crippen LogP contribution in [0.1, 0.15) is 10.5 Å². The fourth-order valence-electron chi connectivity index (χ4n) is 2.04. The van der Waals surface area contributed by atoms with E-state index in [1.807, 2.05) is 0 Å². The summed E-state index contributed by atoms with van der Waals surface area (Å²) in [4.78, 5) is 24.0. The number of hydrogen-bond donors (Lipinski definition) is 0. The van der Waals surface area contributed by atoms with Crippen molar-refractivity contribution in [1.82, 2.24) is 4.57 Å².